The average Bonchev–Trinajstić information content (AvgIpc) is 3.14. The second-order valence-corrected chi connectivity index (χ2v) is 5.83. The molecule has 5 nitrogen and oxygen atoms in total. The molecule has 1 unspecified atom stereocenters. The zero-order valence-corrected chi connectivity index (χ0v) is 12.6. The molecule has 0 radical (unpaired) electrons. The van der Waals surface area contributed by atoms with Crippen molar-refractivity contribution in [3.8, 4) is 0 Å². The van der Waals surface area contributed by atoms with E-state index in [0.717, 1.165) is 17.1 Å². The van der Waals surface area contributed by atoms with Crippen LogP contribution in [0.2, 0.25) is 0 Å². The predicted octanol–water partition coefficient (Wildman–Crippen LogP) is 2.78. The molecule has 2 aromatic rings. The molecule has 1 N–H and O–H groups in total. The molecule has 23 heavy (non-hydrogen) atoms. The number of hydrogen-bond acceptors (Lipinski definition) is 4. The number of hydrogen-bond donors (Lipinski definition) is 1. The Hall–Kier alpha value is -2.48. The van der Waals surface area contributed by atoms with Gasteiger partial charge in [0.1, 0.15) is 22.7 Å². The van der Waals surface area contributed by atoms with Crippen molar-refractivity contribution in [1.29, 1.82) is 0 Å². The van der Waals surface area contributed by atoms with Gasteiger partial charge in [0.15, 0.2) is 0 Å². The van der Waals surface area contributed by atoms with Crippen LogP contribution in [0.25, 0.3) is 0 Å². The number of amides is 2. The lowest BCUT2D eigenvalue weighted by Crippen LogP contribution is -2.34. The molecule has 2 amide bonds. The average molecular weight is 338 g/mol. The van der Waals surface area contributed by atoms with Crippen LogP contribution in [0.3, 0.4) is 0 Å². The van der Waals surface area contributed by atoms with Crippen LogP contribution < -0.4 is 10.2 Å². The maximum atomic E-state index is 13.5. The van der Waals surface area contributed by atoms with Crippen LogP contribution in [0.5, 0.6) is 0 Å². The first kappa shape index (κ1) is 15.4. The molecule has 8 heteroatoms. The summed E-state index contributed by atoms with van der Waals surface area (Å²) in [6.07, 6.45) is -1.02. The quantitative estimate of drug-likeness (QED) is 0.933. The summed E-state index contributed by atoms with van der Waals surface area (Å²) in [6.45, 7) is 0.342. The molecule has 1 aliphatic heterocycles. The zero-order chi connectivity index (χ0) is 16.4. The van der Waals surface area contributed by atoms with Crippen LogP contribution in [0.15, 0.2) is 35.7 Å². The van der Waals surface area contributed by atoms with E-state index in [2.05, 4.69) is 5.32 Å². The number of carbonyl (C=O) groups is 2. The van der Waals surface area contributed by atoms with Crippen LogP contribution in [0, 0.1) is 11.6 Å². The van der Waals surface area contributed by atoms with Crippen molar-refractivity contribution in [2.24, 2.45) is 0 Å². The van der Waals surface area contributed by atoms with Gasteiger partial charge in [-0.1, -0.05) is 0 Å². The lowest BCUT2D eigenvalue weighted by Gasteiger charge is -2.11. The van der Waals surface area contributed by atoms with Crippen molar-refractivity contribution >= 4 is 28.3 Å². The Kier molecular flexibility index (Phi) is 4.24. The Morgan fingerprint density at radius 2 is 2.22 bits per heavy atom. The summed E-state index contributed by atoms with van der Waals surface area (Å²) < 4.78 is 31.5. The van der Waals surface area contributed by atoms with Gasteiger partial charge in [-0.15, -0.1) is 11.3 Å². The van der Waals surface area contributed by atoms with E-state index in [-0.39, 0.29) is 12.1 Å². The van der Waals surface area contributed by atoms with Crippen molar-refractivity contribution in [2.75, 3.05) is 18.0 Å². The van der Waals surface area contributed by atoms with Gasteiger partial charge in [0.05, 0.1) is 18.7 Å². The molecule has 1 aliphatic rings. The number of anilines is 1. The number of nitrogens with one attached hydrogen (secondary N) is 1. The van der Waals surface area contributed by atoms with Gasteiger partial charge in [-0.25, -0.2) is 13.6 Å². The Bertz CT molecular complexity index is 736. The van der Waals surface area contributed by atoms with Gasteiger partial charge in [0, 0.05) is 6.07 Å². The Morgan fingerprint density at radius 1 is 1.39 bits per heavy atom. The topological polar surface area (TPSA) is 58.6 Å². The minimum absolute atomic E-state index is 0.0449. The summed E-state index contributed by atoms with van der Waals surface area (Å²) in [5.74, 6) is -2.38. The van der Waals surface area contributed by atoms with Gasteiger partial charge < -0.3 is 10.1 Å². The fourth-order valence-corrected chi connectivity index (χ4v) is 2.94. The van der Waals surface area contributed by atoms with Gasteiger partial charge in [-0.3, -0.25) is 9.69 Å². The molecule has 1 aromatic heterocycles. The van der Waals surface area contributed by atoms with E-state index >= 15 is 0 Å². The number of carbonyl (C=O) groups excluding carboxylic acids is 2. The second kappa shape index (κ2) is 6.33. The summed E-state index contributed by atoms with van der Waals surface area (Å²) >= 11 is 1.40. The molecule has 2 heterocycles. The fraction of sp³-hybridized carbons (Fsp3) is 0.200. The number of nitrogens with zero attached hydrogens (tertiary/aromatic N) is 1. The molecule has 1 saturated heterocycles. The molecule has 0 bridgehead atoms. The first-order chi connectivity index (χ1) is 11.0. The van der Waals surface area contributed by atoms with Crippen LogP contribution in [-0.4, -0.2) is 31.2 Å². The molecular formula is C15H12F2N2O3S. The maximum absolute atomic E-state index is 13.5. The fourth-order valence-electron chi connectivity index (χ4n) is 2.21. The second-order valence-electron chi connectivity index (χ2n) is 4.90. The summed E-state index contributed by atoms with van der Waals surface area (Å²) in [5, 5.41) is 5.09. The Morgan fingerprint density at radius 3 is 2.91 bits per heavy atom. The predicted molar refractivity (Wildman–Crippen MR) is 80.6 cm³/mol. The standard InChI is InChI=1S/C15H12F2N2O3S/c16-9-3-4-11(12(17)6-9)14(20)18-7-10-8-19(15(21)22-10)13-2-1-5-23-13/h1-6,10H,7-8H2,(H,18,20). The number of rotatable bonds is 4. The number of benzene rings is 1. The lowest BCUT2D eigenvalue weighted by molar-refractivity contribution is 0.0912. The van der Waals surface area contributed by atoms with Crippen molar-refractivity contribution in [2.45, 2.75) is 6.10 Å². The van der Waals surface area contributed by atoms with Crippen LogP contribution in [-0.2, 0) is 4.74 Å². The van der Waals surface area contributed by atoms with Crippen LogP contribution in [0.4, 0.5) is 18.6 Å². The van der Waals surface area contributed by atoms with Crippen molar-refractivity contribution < 1.29 is 23.1 Å². The lowest BCUT2D eigenvalue weighted by atomic mass is 10.2. The van der Waals surface area contributed by atoms with Crippen molar-refractivity contribution in [3.63, 3.8) is 0 Å². The van der Waals surface area contributed by atoms with E-state index in [1.807, 2.05) is 11.4 Å². The van der Waals surface area contributed by atoms with Gasteiger partial charge in [0.2, 0.25) is 0 Å². The summed E-state index contributed by atoms with van der Waals surface area (Å²) in [4.78, 5) is 25.2. The number of thiophene rings is 1. The molecule has 1 aromatic carbocycles. The van der Waals surface area contributed by atoms with Gasteiger partial charge in [-0.2, -0.15) is 0 Å². The zero-order valence-electron chi connectivity index (χ0n) is 11.8. The van der Waals surface area contributed by atoms with Gasteiger partial charge in [-0.05, 0) is 29.6 Å². The first-order valence-corrected chi connectivity index (χ1v) is 7.67. The van der Waals surface area contributed by atoms with E-state index < -0.39 is 29.7 Å². The van der Waals surface area contributed by atoms with Crippen molar-refractivity contribution in [3.05, 3.63) is 52.9 Å². The van der Waals surface area contributed by atoms with Gasteiger partial charge in [0.25, 0.3) is 5.91 Å². The molecule has 120 valence electrons. The maximum Gasteiger partial charge on any atom is 0.415 e. The highest BCUT2D eigenvalue weighted by molar-refractivity contribution is 7.14. The monoisotopic (exact) mass is 338 g/mol. The van der Waals surface area contributed by atoms with E-state index in [0.29, 0.717) is 12.6 Å². The third-order valence-corrected chi connectivity index (χ3v) is 4.20. The molecule has 0 saturated carbocycles. The van der Waals surface area contributed by atoms with Gasteiger partial charge >= 0.3 is 6.09 Å². The number of halogens is 2. The Balaban J connectivity index is 1.59. The molecule has 0 spiro atoms. The van der Waals surface area contributed by atoms with Crippen molar-refractivity contribution in [1.82, 2.24) is 5.32 Å². The third kappa shape index (κ3) is 3.31. The van der Waals surface area contributed by atoms with E-state index in [1.54, 1.807) is 6.07 Å². The minimum Gasteiger partial charge on any atom is -0.442 e. The van der Waals surface area contributed by atoms with E-state index in [4.69, 9.17) is 4.74 Å². The highest BCUT2D eigenvalue weighted by atomic mass is 32.1. The largest absolute Gasteiger partial charge is 0.442 e. The molecular weight excluding hydrogens is 326 g/mol. The number of ether oxygens (including phenoxy) is 1. The van der Waals surface area contributed by atoms with E-state index in [9.17, 15) is 18.4 Å². The molecule has 3 rings (SSSR count). The van der Waals surface area contributed by atoms with Crippen LogP contribution in [0.1, 0.15) is 10.4 Å². The normalized spacial score (nSPS) is 17.2. The summed E-state index contributed by atoms with van der Waals surface area (Å²) in [5.41, 5.74) is -0.258. The Labute approximate surface area is 134 Å². The summed E-state index contributed by atoms with van der Waals surface area (Å²) in [7, 11) is 0. The smallest absolute Gasteiger partial charge is 0.415 e. The highest BCUT2D eigenvalue weighted by Gasteiger charge is 2.33. The molecule has 0 aliphatic carbocycles. The number of cyclic esters (lactones) is 1. The summed E-state index contributed by atoms with van der Waals surface area (Å²) in [6, 6.07) is 6.33. The van der Waals surface area contributed by atoms with Crippen LogP contribution >= 0.6 is 11.3 Å². The van der Waals surface area contributed by atoms with E-state index in [1.165, 1.54) is 16.2 Å². The molecule has 1 atom stereocenters. The minimum atomic E-state index is -0.939. The SMILES string of the molecule is O=C(NCC1CN(c2cccs2)C(=O)O1)c1ccc(F)cc1F. The highest BCUT2D eigenvalue weighted by Crippen LogP contribution is 2.26. The third-order valence-electron chi connectivity index (χ3n) is 3.31. The first-order valence-electron chi connectivity index (χ1n) is 6.79. The molecule has 1 fully saturated rings.